The zero-order chi connectivity index (χ0) is 20.4. The molecule has 1 atom stereocenters. The van der Waals surface area contributed by atoms with E-state index < -0.39 is 22.1 Å². The first-order chi connectivity index (χ1) is 12.6. The summed E-state index contributed by atoms with van der Waals surface area (Å²) in [7, 11) is -4.02. The number of aryl methyl sites for hydroxylation is 1. The Kier molecular flexibility index (Phi) is 9.14. The van der Waals surface area contributed by atoms with Crippen molar-refractivity contribution < 1.29 is 22.9 Å². The molecule has 0 aliphatic rings. The summed E-state index contributed by atoms with van der Waals surface area (Å²) in [5, 5.41) is 12.1. The fourth-order valence-corrected chi connectivity index (χ4v) is 2.77. The molecule has 3 N–H and O–H groups in total. The van der Waals surface area contributed by atoms with Gasteiger partial charge in [-0.15, -0.1) is 0 Å². The van der Waals surface area contributed by atoms with Gasteiger partial charge in [0.25, 0.3) is 10.1 Å². The Morgan fingerprint density at radius 1 is 1.04 bits per heavy atom. The molecule has 0 aliphatic heterocycles. The zero-order valence-electron chi connectivity index (χ0n) is 15.8. The van der Waals surface area contributed by atoms with E-state index in [1.165, 1.54) is 12.1 Å². The number of nitrogens with one attached hydrogen (secondary N) is 1. The molecule has 148 valence electrons. The lowest BCUT2D eigenvalue weighted by atomic mass is 10.0. The van der Waals surface area contributed by atoms with Crippen LogP contribution in [0.1, 0.15) is 31.4 Å². The highest BCUT2D eigenvalue weighted by Gasteiger charge is 2.17. The molecule has 0 radical (unpaired) electrons. The molecular weight excluding hydrogens is 366 g/mol. The molecule has 0 heterocycles. The van der Waals surface area contributed by atoms with Crippen LogP contribution >= 0.6 is 0 Å². The standard InChI is InChI=1S/C13H19NO2.C7H8O3S/c1-10(2)8-12(13(15)16)14-9-11-6-4-3-5-7-11;1-6-2-4-7(5-3-6)11(8,9)10/h3-7,10,12,14H,8-9H2,1-2H3,(H,15,16);2-5H,1H3,(H,8,9,10)/t12-;/m0./s1. The van der Waals surface area contributed by atoms with Gasteiger partial charge in [-0.05, 0) is 37.0 Å². The van der Waals surface area contributed by atoms with Crippen LogP contribution in [0.3, 0.4) is 0 Å². The minimum absolute atomic E-state index is 0.0666. The Bertz CT molecular complexity index is 802. The van der Waals surface area contributed by atoms with Crippen LogP contribution in [0.2, 0.25) is 0 Å². The Morgan fingerprint density at radius 2 is 1.59 bits per heavy atom. The van der Waals surface area contributed by atoms with E-state index in [0.717, 1.165) is 11.1 Å². The topological polar surface area (TPSA) is 104 Å². The largest absolute Gasteiger partial charge is 0.480 e. The molecule has 0 saturated carbocycles. The smallest absolute Gasteiger partial charge is 0.320 e. The molecule has 27 heavy (non-hydrogen) atoms. The SMILES string of the molecule is CC(C)C[C@H](NCc1ccccc1)C(=O)O.Cc1ccc(S(=O)(=O)O)cc1. The summed E-state index contributed by atoms with van der Waals surface area (Å²) in [6.07, 6.45) is 0.655. The normalized spacial score (nSPS) is 12.2. The van der Waals surface area contributed by atoms with Crippen molar-refractivity contribution in [3.8, 4) is 0 Å². The van der Waals surface area contributed by atoms with Gasteiger partial charge in [0.05, 0.1) is 4.90 Å². The van der Waals surface area contributed by atoms with Crippen molar-refractivity contribution in [3.05, 3.63) is 65.7 Å². The molecule has 0 saturated heterocycles. The Balaban J connectivity index is 0.000000289. The molecule has 0 aromatic heterocycles. The molecule has 0 fully saturated rings. The van der Waals surface area contributed by atoms with Gasteiger partial charge in [0, 0.05) is 6.54 Å². The predicted molar refractivity (Wildman–Crippen MR) is 105 cm³/mol. The van der Waals surface area contributed by atoms with Crippen LogP contribution in [0.15, 0.2) is 59.5 Å². The predicted octanol–water partition coefficient (Wildman–Crippen LogP) is 3.52. The highest BCUT2D eigenvalue weighted by molar-refractivity contribution is 7.85. The number of benzene rings is 2. The van der Waals surface area contributed by atoms with E-state index in [0.29, 0.717) is 18.9 Å². The third-order valence-electron chi connectivity index (χ3n) is 3.72. The fourth-order valence-electron chi connectivity index (χ4n) is 2.29. The molecule has 2 rings (SSSR count). The maximum Gasteiger partial charge on any atom is 0.320 e. The Labute approximate surface area is 161 Å². The van der Waals surface area contributed by atoms with Crippen LogP contribution in [0.5, 0.6) is 0 Å². The quantitative estimate of drug-likeness (QED) is 0.622. The summed E-state index contributed by atoms with van der Waals surface area (Å²) in [6.45, 7) is 6.50. The molecule has 7 heteroatoms. The number of hydrogen-bond donors (Lipinski definition) is 3. The van der Waals surface area contributed by atoms with Crippen molar-refractivity contribution in [3.63, 3.8) is 0 Å². The van der Waals surface area contributed by atoms with E-state index in [2.05, 4.69) is 5.32 Å². The number of hydrogen-bond acceptors (Lipinski definition) is 4. The molecule has 6 nitrogen and oxygen atoms in total. The van der Waals surface area contributed by atoms with Crippen LogP contribution in [-0.4, -0.2) is 30.1 Å². The fraction of sp³-hybridized carbons (Fsp3) is 0.350. The highest BCUT2D eigenvalue weighted by atomic mass is 32.2. The number of carboxylic acid groups (broad SMARTS) is 1. The van der Waals surface area contributed by atoms with Gasteiger partial charge in [0.1, 0.15) is 6.04 Å². The third-order valence-corrected chi connectivity index (χ3v) is 4.59. The third kappa shape index (κ3) is 9.33. The van der Waals surface area contributed by atoms with Crippen molar-refractivity contribution in [2.75, 3.05) is 0 Å². The van der Waals surface area contributed by atoms with Gasteiger partial charge in [-0.25, -0.2) is 0 Å². The average Bonchev–Trinajstić information content (AvgIpc) is 2.59. The van der Waals surface area contributed by atoms with Gasteiger partial charge in [0.15, 0.2) is 0 Å². The summed E-state index contributed by atoms with van der Waals surface area (Å²) in [5.41, 5.74) is 2.06. The Hall–Kier alpha value is -2.22. The van der Waals surface area contributed by atoms with Crippen molar-refractivity contribution in [1.82, 2.24) is 5.32 Å². The lowest BCUT2D eigenvalue weighted by Gasteiger charge is -2.16. The van der Waals surface area contributed by atoms with E-state index in [1.54, 1.807) is 12.1 Å². The maximum absolute atomic E-state index is 11.0. The number of aliphatic carboxylic acids is 1. The maximum atomic E-state index is 11.0. The van der Waals surface area contributed by atoms with Crippen LogP contribution in [0.4, 0.5) is 0 Å². The van der Waals surface area contributed by atoms with E-state index >= 15 is 0 Å². The van der Waals surface area contributed by atoms with Crippen molar-refractivity contribution >= 4 is 16.1 Å². The van der Waals surface area contributed by atoms with Crippen LogP contribution in [-0.2, 0) is 21.5 Å². The molecule has 2 aromatic rings. The monoisotopic (exact) mass is 393 g/mol. The molecule has 0 bridgehead atoms. The van der Waals surface area contributed by atoms with Crippen LogP contribution in [0.25, 0.3) is 0 Å². The van der Waals surface area contributed by atoms with E-state index in [4.69, 9.17) is 9.66 Å². The van der Waals surface area contributed by atoms with E-state index in [9.17, 15) is 13.2 Å². The van der Waals surface area contributed by atoms with Crippen molar-refractivity contribution in [2.45, 2.75) is 44.7 Å². The van der Waals surface area contributed by atoms with Crippen LogP contribution < -0.4 is 5.32 Å². The summed E-state index contributed by atoms with van der Waals surface area (Å²) in [5.74, 6) is -0.394. The first-order valence-corrected chi connectivity index (χ1v) is 10.1. The summed E-state index contributed by atoms with van der Waals surface area (Å²) in [4.78, 5) is 10.9. The molecule has 0 unspecified atom stereocenters. The minimum Gasteiger partial charge on any atom is -0.480 e. The number of rotatable bonds is 7. The summed E-state index contributed by atoms with van der Waals surface area (Å²) < 4.78 is 29.6. The highest BCUT2D eigenvalue weighted by Crippen LogP contribution is 2.08. The first-order valence-electron chi connectivity index (χ1n) is 8.64. The van der Waals surface area contributed by atoms with Gasteiger partial charge in [-0.2, -0.15) is 8.42 Å². The van der Waals surface area contributed by atoms with Crippen molar-refractivity contribution in [1.29, 1.82) is 0 Å². The van der Waals surface area contributed by atoms with E-state index in [-0.39, 0.29) is 4.90 Å². The Morgan fingerprint density at radius 3 is 2.04 bits per heavy atom. The molecule has 0 aliphatic carbocycles. The molecular formula is C20H27NO5S. The molecule has 0 amide bonds. The lowest BCUT2D eigenvalue weighted by Crippen LogP contribution is -2.37. The second kappa shape index (κ2) is 10.8. The zero-order valence-corrected chi connectivity index (χ0v) is 16.6. The number of carboxylic acids is 1. The summed E-state index contributed by atoms with van der Waals surface area (Å²) in [6, 6.07) is 15.4. The van der Waals surface area contributed by atoms with Crippen LogP contribution in [0, 0.1) is 12.8 Å². The van der Waals surface area contributed by atoms with Crippen molar-refractivity contribution in [2.24, 2.45) is 5.92 Å². The number of carbonyl (C=O) groups is 1. The lowest BCUT2D eigenvalue weighted by molar-refractivity contribution is -0.140. The second-order valence-electron chi connectivity index (χ2n) is 6.67. The molecule has 2 aromatic carbocycles. The first kappa shape index (κ1) is 22.8. The van der Waals surface area contributed by atoms with Gasteiger partial charge in [-0.3, -0.25) is 9.35 Å². The molecule has 0 spiro atoms. The van der Waals surface area contributed by atoms with Gasteiger partial charge >= 0.3 is 5.97 Å². The summed E-state index contributed by atoms with van der Waals surface area (Å²) >= 11 is 0. The second-order valence-corrected chi connectivity index (χ2v) is 8.10. The van der Waals surface area contributed by atoms with Gasteiger partial charge in [0.2, 0.25) is 0 Å². The van der Waals surface area contributed by atoms with Gasteiger partial charge < -0.3 is 10.4 Å². The average molecular weight is 394 g/mol. The van der Waals surface area contributed by atoms with E-state index in [1.807, 2.05) is 51.1 Å². The van der Waals surface area contributed by atoms with Gasteiger partial charge in [-0.1, -0.05) is 61.9 Å². The minimum atomic E-state index is -4.02.